The van der Waals surface area contributed by atoms with Gasteiger partial charge in [0, 0.05) is 51.5 Å². The summed E-state index contributed by atoms with van der Waals surface area (Å²) in [6.07, 6.45) is 1.84. The number of hydrogen-bond donors (Lipinski definition) is 0. The number of nitrogens with zero attached hydrogens (tertiary/aromatic N) is 3. The predicted octanol–water partition coefficient (Wildman–Crippen LogP) is 3.38. The molecule has 0 bridgehead atoms. The molecule has 0 saturated carbocycles. The van der Waals surface area contributed by atoms with Crippen molar-refractivity contribution >= 4 is 17.7 Å². The quantitative estimate of drug-likeness (QED) is 0.676. The Bertz CT molecular complexity index is 780. The summed E-state index contributed by atoms with van der Waals surface area (Å²) >= 11 is 0. The minimum absolute atomic E-state index is 0.0355. The van der Waals surface area contributed by atoms with E-state index in [9.17, 15) is 14.0 Å². The van der Waals surface area contributed by atoms with E-state index in [2.05, 4.69) is 14.5 Å². The van der Waals surface area contributed by atoms with Gasteiger partial charge in [-0.3, -0.25) is 4.90 Å². The van der Waals surface area contributed by atoms with Crippen LogP contribution in [0.25, 0.3) is 0 Å². The summed E-state index contributed by atoms with van der Waals surface area (Å²) in [6.45, 7) is 11.5. The number of anilines is 1. The van der Waals surface area contributed by atoms with Crippen molar-refractivity contribution in [2.24, 2.45) is 5.92 Å². The molecule has 1 aromatic carbocycles. The third kappa shape index (κ3) is 6.32. The van der Waals surface area contributed by atoms with E-state index in [4.69, 9.17) is 4.74 Å². The molecular formula is C23H34FN3O4. The number of ether oxygens (including phenoxy) is 2. The Hall–Kier alpha value is -2.35. The average molecular weight is 436 g/mol. The third-order valence-electron chi connectivity index (χ3n) is 5.88. The first-order valence-corrected chi connectivity index (χ1v) is 11.0. The number of benzene rings is 1. The molecule has 31 heavy (non-hydrogen) atoms. The van der Waals surface area contributed by atoms with E-state index in [1.165, 1.54) is 19.2 Å². The fraction of sp³-hybridized carbons (Fsp3) is 0.652. The van der Waals surface area contributed by atoms with Crippen LogP contribution < -0.4 is 4.90 Å². The van der Waals surface area contributed by atoms with Crippen LogP contribution in [0.1, 0.15) is 44.0 Å². The lowest BCUT2D eigenvalue weighted by Crippen LogP contribution is -2.51. The predicted molar refractivity (Wildman–Crippen MR) is 117 cm³/mol. The minimum Gasteiger partial charge on any atom is -0.465 e. The Labute approximate surface area is 184 Å². The standard InChI is InChI=1S/C23H34FN3O4/c1-23(2,3)31-22(29)27-13-11-25(12-14-27)16-17-7-9-26(10-8-17)18-5-6-19(20(24)15-18)21(28)30-4/h5-6,15,17H,7-14,16H2,1-4H3. The van der Waals surface area contributed by atoms with Gasteiger partial charge < -0.3 is 19.3 Å². The number of carbonyl (C=O) groups excluding carboxylic acids is 2. The highest BCUT2D eigenvalue weighted by Crippen LogP contribution is 2.26. The van der Waals surface area contributed by atoms with E-state index in [1.54, 1.807) is 11.0 Å². The molecule has 0 spiro atoms. The average Bonchev–Trinajstić information content (AvgIpc) is 2.73. The van der Waals surface area contributed by atoms with Gasteiger partial charge in [-0.2, -0.15) is 0 Å². The highest BCUT2D eigenvalue weighted by atomic mass is 19.1. The number of hydrogen-bond acceptors (Lipinski definition) is 6. The maximum atomic E-state index is 14.2. The molecule has 0 atom stereocenters. The molecule has 2 aliphatic rings. The summed E-state index contributed by atoms with van der Waals surface area (Å²) in [7, 11) is 1.25. The molecular weight excluding hydrogens is 401 g/mol. The molecule has 2 heterocycles. The van der Waals surface area contributed by atoms with Crippen molar-refractivity contribution in [2.75, 3.05) is 57.8 Å². The number of methoxy groups -OCH3 is 1. The van der Waals surface area contributed by atoms with Crippen LogP contribution in [0.4, 0.5) is 14.9 Å². The first kappa shape index (κ1) is 23.3. The van der Waals surface area contributed by atoms with Crippen LogP contribution in [-0.4, -0.2) is 80.4 Å². The number of carbonyl (C=O) groups is 2. The molecule has 0 radical (unpaired) electrons. The second-order valence-electron chi connectivity index (χ2n) is 9.35. The Balaban J connectivity index is 1.43. The molecule has 0 aromatic heterocycles. The van der Waals surface area contributed by atoms with Gasteiger partial charge in [0.2, 0.25) is 0 Å². The van der Waals surface area contributed by atoms with Gasteiger partial charge in [-0.25, -0.2) is 14.0 Å². The molecule has 2 saturated heterocycles. The van der Waals surface area contributed by atoms with Gasteiger partial charge in [0.25, 0.3) is 0 Å². The molecule has 1 amide bonds. The molecule has 7 nitrogen and oxygen atoms in total. The number of rotatable bonds is 4. The Morgan fingerprint density at radius 3 is 2.26 bits per heavy atom. The summed E-state index contributed by atoms with van der Waals surface area (Å²) < 4.78 is 24.3. The van der Waals surface area contributed by atoms with E-state index in [0.29, 0.717) is 19.0 Å². The van der Waals surface area contributed by atoms with Crippen LogP contribution in [0.2, 0.25) is 0 Å². The Morgan fingerprint density at radius 1 is 1.06 bits per heavy atom. The van der Waals surface area contributed by atoms with Crippen LogP contribution in [0.15, 0.2) is 18.2 Å². The summed E-state index contributed by atoms with van der Waals surface area (Å²) in [5, 5.41) is 0. The molecule has 0 N–H and O–H groups in total. The van der Waals surface area contributed by atoms with Gasteiger partial charge in [-0.05, 0) is 57.7 Å². The second-order valence-corrected chi connectivity index (χ2v) is 9.35. The van der Waals surface area contributed by atoms with Crippen molar-refractivity contribution < 1.29 is 23.5 Å². The maximum absolute atomic E-state index is 14.2. The van der Waals surface area contributed by atoms with Gasteiger partial charge in [0.05, 0.1) is 12.7 Å². The van der Waals surface area contributed by atoms with E-state index >= 15 is 0 Å². The van der Waals surface area contributed by atoms with Gasteiger partial charge >= 0.3 is 12.1 Å². The Morgan fingerprint density at radius 2 is 1.71 bits per heavy atom. The molecule has 8 heteroatoms. The first-order chi connectivity index (χ1) is 14.7. The van der Waals surface area contributed by atoms with Crippen molar-refractivity contribution in [2.45, 2.75) is 39.2 Å². The largest absolute Gasteiger partial charge is 0.465 e. The van der Waals surface area contributed by atoms with E-state index in [-0.39, 0.29) is 11.7 Å². The van der Waals surface area contributed by atoms with Gasteiger partial charge in [-0.15, -0.1) is 0 Å². The molecule has 0 unspecified atom stereocenters. The highest BCUT2D eigenvalue weighted by molar-refractivity contribution is 5.90. The summed E-state index contributed by atoms with van der Waals surface area (Å²) in [5.74, 6) is -0.618. The fourth-order valence-corrected chi connectivity index (χ4v) is 4.15. The van der Waals surface area contributed by atoms with Crippen LogP contribution >= 0.6 is 0 Å². The molecule has 1 aromatic rings. The normalized spacial score (nSPS) is 18.7. The van der Waals surface area contributed by atoms with Crippen molar-refractivity contribution in [3.63, 3.8) is 0 Å². The smallest absolute Gasteiger partial charge is 0.410 e. The molecule has 172 valence electrons. The molecule has 2 fully saturated rings. The van der Waals surface area contributed by atoms with Gasteiger partial charge in [0.1, 0.15) is 11.4 Å². The maximum Gasteiger partial charge on any atom is 0.410 e. The third-order valence-corrected chi connectivity index (χ3v) is 5.88. The number of amides is 1. The van der Waals surface area contributed by atoms with Gasteiger partial charge in [0.15, 0.2) is 0 Å². The molecule has 0 aliphatic carbocycles. The fourth-order valence-electron chi connectivity index (χ4n) is 4.15. The lowest BCUT2D eigenvalue weighted by Gasteiger charge is -2.39. The molecule has 3 rings (SSSR count). The van der Waals surface area contributed by atoms with Crippen molar-refractivity contribution in [1.82, 2.24) is 9.80 Å². The zero-order chi connectivity index (χ0) is 22.6. The van der Waals surface area contributed by atoms with Crippen LogP contribution in [0.5, 0.6) is 0 Å². The lowest BCUT2D eigenvalue weighted by molar-refractivity contribution is 0.0130. The van der Waals surface area contributed by atoms with E-state index in [0.717, 1.165) is 51.3 Å². The van der Waals surface area contributed by atoms with Crippen LogP contribution in [-0.2, 0) is 9.47 Å². The zero-order valence-corrected chi connectivity index (χ0v) is 19.0. The minimum atomic E-state index is -0.658. The topological polar surface area (TPSA) is 62.3 Å². The van der Waals surface area contributed by atoms with Crippen molar-refractivity contribution in [3.8, 4) is 0 Å². The lowest BCUT2D eigenvalue weighted by atomic mass is 9.95. The van der Waals surface area contributed by atoms with Crippen molar-refractivity contribution in [3.05, 3.63) is 29.6 Å². The number of esters is 1. The number of piperazine rings is 1. The van der Waals surface area contributed by atoms with Gasteiger partial charge in [-0.1, -0.05) is 0 Å². The van der Waals surface area contributed by atoms with E-state index < -0.39 is 17.4 Å². The Kier molecular flexibility index (Phi) is 7.41. The summed E-state index contributed by atoms with van der Waals surface area (Å²) in [4.78, 5) is 30.2. The highest BCUT2D eigenvalue weighted by Gasteiger charge is 2.28. The number of piperidine rings is 1. The summed E-state index contributed by atoms with van der Waals surface area (Å²) in [6, 6.07) is 4.70. The SMILES string of the molecule is COC(=O)c1ccc(N2CCC(CN3CCN(C(=O)OC(C)(C)C)CC3)CC2)cc1F. The van der Waals surface area contributed by atoms with E-state index in [1.807, 2.05) is 20.8 Å². The molecule has 2 aliphatic heterocycles. The van der Waals surface area contributed by atoms with Crippen LogP contribution in [0.3, 0.4) is 0 Å². The summed E-state index contributed by atoms with van der Waals surface area (Å²) in [5.41, 5.74) is 0.298. The second kappa shape index (κ2) is 9.85. The van der Waals surface area contributed by atoms with Crippen LogP contribution in [0, 0.1) is 11.7 Å². The zero-order valence-electron chi connectivity index (χ0n) is 19.0. The monoisotopic (exact) mass is 435 g/mol. The first-order valence-electron chi connectivity index (χ1n) is 11.0. The number of halogens is 1. The van der Waals surface area contributed by atoms with Crippen molar-refractivity contribution in [1.29, 1.82) is 0 Å².